The van der Waals surface area contributed by atoms with Gasteiger partial charge in [-0.2, -0.15) is 10.4 Å². The molecule has 1 saturated heterocycles. The second-order valence-electron chi connectivity index (χ2n) is 4.07. The Labute approximate surface area is 104 Å². The first-order valence-electron chi connectivity index (χ1n) is 5.46. The van der Waals surface area contributed by atoms with Gasteiger partial charge in [-0.25, -0.2) is 0 Å². The summed E-state index contributed by atoms with van der Waals surface area (Å²) in [7, 11) is 0. The van der Waals surface area contributed by atoms with Gasteiger partial charge in [0.15, 0.2) is 0 Å². The van der Waals surface area contributed by atoms with E-state index in [1.165, 1.54) is 0 Å². The number of amides is 1. The Bertz CT molecular complexity index is 429. The predicted octanol–water partition coefficient (Wildman–Crippen LogP) is 1.27. The first-order chi connectivity index (χ1) is 8.21. The Balaban J connectivity index is 2.01. The number of thioether (sulfide) groups is 1. The third-order valence-corrected chi connectivity index (χ3v) is 4.46. The lowest BCUT2D eigenvalue weighted by molar-refractivity contribution is 0.0710. The van der Waals surface area contributed by atoms with E-state index in [1.807, 2.05) is 6.26 Å². The van der Waals surface area contributed by atoms with Crippen molar-refractivity contribution in [3.63, 3.8) is 0 Å². The van der Waals surface area contributed by atoms with Gasteiger partial charge in [0.2, 0.25) is 0 Å². The van der Waals surface area contributed by atoms with E-state index in [2.05, 4.69) is 16.3 Å². The normalized spacial score (nSPS) is 18.7. The molecule has 1 aliphatic rings. The van der Waals surface area contributed by atoms with E-state index in [-0.39, 0.29) is 10.7 Å². The van der Waals surface area contributed by atoms with Gasteiger partial charge in [-0.1, -0.05) is 0 Å². The highest BCUT2D eigenvalue weighted by atomic mass is 32.2. The molecule has 5 nitrogen and oxygen atoms in total. The minimum atomic E-state index is -0.315. The number of aromatic amines is 1. The zero-order chi connectivity index (χ0) is 12.3. The minimum absolute atomic E-state index is 0.0323. The molecular formula is C11H14N4OS. The van der Waals surface area contributed by atoms with E-state index in [0.717, 1.165) is 12.8 Å². The van der Waals surface area contributed by atoms with E-state index in [9.17, 15) is 4.79 Å². The second kappa shape index (κ2) is 4.80. The van der Waals surface area contributed by atoms with Gasteiger partial charge in [-0.3, -0.25) is 9.89 Å². The van der Waals surface area contributed by atoms with Crippen molar-refractivity contribution >= 4 is 17.7 Å². The fraction of sp³-hybridized carbons (Fsp3) is 0.545. The minimum Gasteiger partial charge on any atom is -0.337 e. The van der Waals surface area contributed by atoms with Crippen LogP contribution < -0.4 is 0 Å². The molecule has 0 unspecified atom stereocenters. The summed E-state index contributed by atoms with van der Waals surface area (Å²) in [5, 5.41) is 15.6. The van der Waals surface area contributed by atoms with Gasteiger partial charge in [-0.15, -0.1) is 11.8 Å². The van der Waals surface area contributed by atoms with Crippen LogP contribution in [-0.2, 0) is 0 Å². The lowest BCUT2D eigenvalue weighted by atomic mass is 9.97. The van der Waals surface area contributed by atoms with Gasteiger partial charge in [-0.05, 0) is 25.2 Å². The van der Waals surface area contributed by atoms with Crippen molar-refractivity contribution in [3.8, 4) is 6.07 Å². The third kappa shape index (κ3) is 2.29. The summed E-state index contributed by atoms with van der Waals surface area (Å²) in [5.74, 6) is -0.0323. The molecule has 1 aromatic heterocycles. The Morgan fingerprint density at radius 3 is 2.82 bits per heavy atom. The van der Waals surface area contributed by atoms with Gasteiger partial charge in [0.25, 0.3) is 5.91 Å². The number of carbonyl (C=O) groups is 1. The third-order valence-electron chi connectivity index (χ3n) is 3.18. The van der Waals surface area contributed by atoms with Crippen molar-refractivity contribution in [1.29, 1.82) is 5.26 Å². The quantitative estimate of drug-likeness (QED) is 0.858. The molecule has 0 bridgehead atoms. The molecule has 0 aromatic carbocycles. The SMILES string of the molecule is CSC1(C#N)CCN(C(=O)c2ccn[nH]2)CC1. The maximum atomic E-state index is 12.0. The van der Waals surface area contributed by atoms with Crippen molar-refractivity contribution in [2.75, 3.05) is 19.3 Å². The number of aromatic nitrogens is 2. The molecule has 1 aliphatic heterocycles. The second-order valence-corrected chi connectivity index (χ2v) is 5.26. The standard InChI is InChI=1S/C11H14N4OS/c1-17-11(8-12)3-6-15(7-4-11)10(16)9-2-5-13-14-9/h2,5H,3-4,6-7H2,1H3,(H,13,14). The molecule has 1 amide bonds. The van der Waals surface area contributed by atoms with Crippen LogP contribution in [0.3, 0.4) is 0 Å². The van der Waals surface area contributed by atoms with Gasteiger partial charge in [0, 0.05) is 19.3 Å². The molecule has 0 spiro atoms. The summed E-state index contributed by atoms with van der Waals surface area (Å²) in [6.45, 7) is 1.26. The number of H-pyrrole nitrogens is 1. The Kier molecular flexibility index (Phi) is 3.38. The number of carbonyl (C=O) groups excluding carboxylic acids is 1. The number of likely N-dealkylation sites (tertiary alicyclic amines) is 1. The molecule has 2 rings (SSSR count). The van der Waals surface area contributed by atoms with Gasteiger partial charge < -0.3 is 4.90 Å². The monoisotopic (exact) mass is 250 g/mol. The highest BCUT2D eigenvalue weighted by Crippen LogP contribution is 2.33. The lowest BCUT2D eigenvalue weighted by Crippen LogP contribution is -2.44. The summed E-state index contributed by atoms with van der Waals surface area (Å²) in [4.78, 5) is 13.8. The number of rotatable bonds is 2. The smallest absolute Gasteiger partial charge is 0.271 e. The number of nitrogens with one attached hydrogen (secondary N) is 1. The van der Waals surface area contributed by atoms with Crippen LogP contribution in [0.25, 0.3) is 0 Å². The summed E-state index contributed by atoms with van der Waals surface area (Å²) >= 11 is 1.59. The van der Waals surface area contributed by atoms with Crippen LogP contribution in [0.1, 0.15) is 23.3 Å². The largest absolute Gasteiger partial charge is 0.337 e. The molecule has 0 atom stereocenters. The van der Waals surface area contributed by atoms with Crippen LogP contribution in [0.4, 0.5) is 0 Å². The molecular weight excluding hydrogens is 236 g/mol. The zero-order valence-electron chi connectivity index (χ0n) is 9.64. The summed E-state index contributed by atoms with van der Waals surface area (Å²) < 4.78 is -0.315. The fourth-order valence-electron chi connectivity index (χ4n) is 1.98. The van der Waals surface area contributed by atoms with Gasteiger partial charge in [0.1, 0.15) is 10.4 Å². The van der Waals surface area contributed by atoms with E-state index in [4.69, 9.17) is 5.26 Å². The number of nitrogens with zero attached hydrogens (tertiary/aromatic N) is 3. The highest BCUT2D eigenvalue weighted by molar-refractivity contribution is 8.00. The molecule has 1 fully saturated rings. The first kappa shape index (κ1) is 12.0. The predicted molar refractivity (Wildman–Crippen MR) is 65.6 cm³/mol. The van der Waals surface area contributed by atoms with Crippen molar-refractivity contribution < 1.29 is 4.79 Å². The fourth-order valence-corrected chi connectivity index (χ4v) is 2.66. The van der Waals surface area contributed by atoms with E-state index in [1.54, 1.807) is 28.9 Å². The number of hydrogen-bond acceptors (Lipinski definition) is 4. The van der Waals surface area contributed by atoms with Crippen LogP contribution in [0.2, 0.25) is 0 Å². The average molecular weight is 250 g/mol. The van der Waals surface area contributed by atoms with E-state index < -0.39 is 0 Å². The molecule has 0 saturated carbocycles. The molecule has 1 aromatic rings. The maximum absolute atomic E-state index is 12.0. The van der Waals surface area contributed by atoms with Gasteiger partial charge in [0.05, 0.1) is 6.07 Å². The van der Waals surface area contributed by atoms with Crippen molar-refractivity contribution in [2.24, 2.45) is 0 Å². The van der Waals surface area contributed by atoms with Crippen molar-refractivity contribution in [1.82, 2.24) is 15.1 Å². The number of piperidine rings is 1. The molecule has 1 N–H and O–H groups in total. The summed E-state index contributed by atoms with van der Waals surface area (Å²) in [6.07, 6.45) is 4.98. The molecule has 2 heterocycles. The molecule has 17 heavy (non-hydrogen) atoms. The van der Waals surface area contributed by atoms with Crippen LogP contribution in [0, 0.1) is 11.3 Å². The van der Waals surface area contributed by atoms with Gasteiger partial charge >= 0.3 is 0 Å². The molecule has 90 valence electrons. The van der Waals surface area contributed by atoms with Crippen LogP contribution >= 0.6 is 11.8 Å². The average Bonchev–Trinajstić information content (AvgIpc) is 2.92. The van der Waals surface area contributed by atoms with E-state index in [0.29, 0.717) is 18.8 Å². The Morgan fingerprint density at radius 1 is 1.65 bits per heavy atom. The maximum Gasteiger partial charge on any atom is 0.271 e. The zero-order valence-corrected chi connectivity index (χ0v) is 10.5. The molecule has 6 heteroatoms. The Hall–Kier alpha value is -1.48. The van der Waals surface area contributed by atoms with Crippen LogP contribution in [0.5, 0.6) is 0 Å². The van der Waals surface area contributed by atoms with Crippen molar-refractivity contribution in [2.45, 2.75) is 17.6 Å². The van der Waals surface area contributed by atoms with E-state index >= 15 is 0 Å². The summed E-state index contributed by atoms with van der Waals surface area (Å²) in [6, 6.07) is 4.04. The highest BCUT2D eigenvalue weighted by Gasteiger charge is 2.35. The van der Waals surface area contributed by atoms with Crippen molar-refractivity contribution in [3.05, 3.63) is 18.0 Å². The molecule has 0 aliphatic carbocycles. The lowest BCUT2D eigenvalue weighted by Gasteiger charge is -2.35. The topological polar surface area (TPSA) is 72.8 Å². The Morgan fingerprint density at radius 2 is 2.35 bits per heavy atom. The summed E-state index contributed by atoms with van der Waals surface area (Å²) in [5.41, 5.74) is 0.513. The van der Waals surface area contributed by atoms with Crippen LogP contribution in [0.15, 0.2) is 12.3 Å². The molecule has 0 radical (unpaired) electrons. The van der Waals surface area contributed by atoms with Crippen LogP contribution in [-0.4, -0.2) is 45.1 Å². The number of nitriles is 1. The first-order valence-corrected chi connectivity index (χ1v) is 6.68. The number of hydrogen-bond donors (Lipinski definition) is 1.